The van der Waals surface area contributed by atoms with Crippen LogP contribution in [0.1, 0.15) is 25.7 Å². The second kappa shape index (κ2) is 7.55. The lowest BCUT2D eigenvalue weighted by Gasteiger charge is -2.21. The molecule has 0 aromatic carbocycles. The molecule has 6 heteroatoms. The maximum atomic E-state index is 12.2. The van der Waals surface area contributed by atoms with Crippen molar-refractivity contribution in [3.8, 4) is 0 Å². The smallest absolute Gasteiger partial charge is 0.251 e. The topological polar surface area (TPSA) is 58.4 Å². The Balaban J connectivity index is 2.29. The van der Waals surface area contributed by atoms with Crippen LogP contribution in [0.5, 0.6) is 0 Å². The third-order valence-corrected chi connectivity index (χ3v) is 2.93. The van der Waals surface area contributed by atoms with Crippen LogP contribution in [-0.4, -0.2) is 49.5 Å². The van der Waals surface area contributed by atoms with Crippen molar-refractivity contribution in [3.63, 3.8) is 0 Å². The summed E-state index contributed by atoms with van der Waals surface area (Å²) in [6.07, 6.45) is 1.83. The molecule has 3 N–H and O–H groups in total. The molecule has 0 heterocycles. The van der Waals surface area contributed by atoms with E-state index >= 15 is 0 Å². The van der Waals surface area contributed by atoms with Crippen molar-refractivity contribution in [3.05, 3.63) is 0 Å². The van der Waals surface area contributed by atoms with Crippen molar-refractivity contribution in [2.45, 2.75) is 38.2 Å². The van der Waals surface area contributed by atoms with E-state index in [1.807, 2.05) is 0 Å². The minimum Gasteiger partial charge on any atom is -0.352 e. The summed E-state index contributed by atoms with van der Waals surface area (Å²) in [5.74, 6) is -0.175. The number of nitrogens with zero attached hydrogens (tertiary/aromatic N) is 1. The third kappa shape index (κ3) is 5.93. The van der Waals surface area contributed by atoms with Crippen molar-refractivity contribution < 1.29 is 13.6 Å². The summed E-state index contributed by atoms with van der Waals surface area (Å²) in [6, 6.07) is 0.230. The van der Waals surface area contributed by atoms with Crippen LogP contribution in [0.2, 0.25) is 0 Å². The molecule has 100 valence electrons. The zero-order chi connectivity index (χ0) is 12.7. The van der Waals surface area contributed by atoms with Crippen molar-refractivity contribution in [2.24, 2.45) is 5.73 Å². The standard InChI is InChI=1S/C11H21F2N3O/c12-10(13)7-16(6-5-14)8-11(17)15-9-3-1-2-4-9/h9-10H,1-8,14H2,(H,15,17). The van der Waals surface area contributed by atoms with Gasteiger partial charge in [0.25, 0.3) is 6.43 Å². The molecule has 1 aliphatic rings. The Hall–Kier alpha value is -0.750. The summed E-state index contributed by atoms with van der Waals surface area (Å²) >= 11 is 0. The van der Waals surface area contributed by atoms with Crippen LogP contribution in [0.4, 0.5) is 8.78 Å². The lowest BCUT2D eigenvalue weighted by atomic mass is 10.2. The molecule has 4 nitrogen and oxygen atoms in total. The van der Waals surface area contributed by atoms with E-state index < -0.39 is 13.0 Å². The zero-order valence-electron chi connectivity index (χ0n) is 10.0. The van der Waals surface area contributed by atoms with Gasteiger partial charge in [0.2, 0.25) is 5.91 Å². The Kier molecular flexibility index (Phi) is 6.36. The summed E-state index contributed by atoms with van der Waals surface area (Å²) in [4.78, 5) is 13.0. The quantitative estimate of drug-likeness (QED) is 0.693. The largest absolute Gasteiger partial charge is 0.352 e. The fourth-order valence-electron chi connectivity index (χ4n) is 2.16. The van der Waals surface area contributed by atoms with Gasteiger partial charge in [0.1, 0.15) is 0 Å². The molecule has 0 atom stereocenters. The third-order valence-electron chi connectivity index (χ3n) is 2.93. The number of hydrogen-bond acceptors (Lipinski definition) is 3. The van der Waals surface area contributed by atoms with E-state index in [2.05, 4.69) is 5.32 Å². The SMILES string of the molecule is NCCN(CC(=O)NC1CCCC1)CC(F)F. The highest BCUT2D eigenvalue weighted by molar-refractivity contribution is 5.78. The molecule has 1 saturated carbocycles. The van der Waals surface area contributed by atoms with E-state index in [4.69, 9.17) is 5.73 Å². The molecule has 0 bridgehead atoms. The van der Waals surface area contributed by atoms with Crippen LogP contribution in [0.3, 0.4) is 0 Å². The normalized spacial score (nSPS) is 17.0. The van der Waals surface area contributed by atoms with Crippen molar-refractivity contribution >= 4 is 5.91 Å². The summed E-state index contributed by atoms with van der Waals surface area (Å²) in [5.41, 5.74) is 5.33. The Labute approximate surface area is 101 Å². The summed E-state index contributed by atoms with van der Waals surface area (Å²) in [6.45, 7) is 0.221. The van der Waals surface area contributed by atoms with Crippen LogP contribution in [0, 0.1) is 0 Å². The molecule has 1 rings (SSSR count). The van der Waals surface area contributed by atoms with Gasteiger partial charge in [-0.15, -0.1) is 0 Å². The molecule has 0 aromatic heterocycles. The highest BCUT2D eigenvalue weighted by Crippen LogP contribution is 2.17. The number of nitrogens with two attached hydrogens (primary N) is 1. The average molecular weight is 249 g/mol. The van der Waals surface area contributed by atoms with Crippen molar-refractivity contribution in [1.82, 2.24) is 10.2 Å². The van der Waals surface area contributed by atoms with E-state index in [9.17, 15) is 13.6 Å². The minimum absolute atomic E-state index is 0.0119. The van der Waals surface area contributed by atoms with Gasteiger partial charge in [0.05, 0.1) is 13.1 Å². The number of hydrogen-bond donors (Lipinski definition) is 2. The first-order valence-corrected chi connectivity index (χ1v) is 6.11. The molecule has 0 radical (unpaired) electrons. The summed E-state index contributed by atoms with van der Waals surface area (Å²) in [7, 11) is 0. The molecule has 0 unspecified atom stereocenters. The number of nitrogens with one attached hydrogen (secondary N) is 1. The lowest BCUT2D eigenvalue weighted by molar-refractivity contribution is -0.123. The Morgan fingerprint density at radius 2 is 2.06 bits per heavy atom. The Bertz CT molecular complexity index is 233. The van der Waals surface area contributed by atoms with Gasteiger partial charge in [-0.25, -0.2) is 8.78 Å². The van der Waals surface area contributed by atoms with E-state index in [0.29, 0.717) is 6.54 Å². The van der Waals surface area contributed by atoms with Gasteiger partial charge in [-0.05, 0) is 12.8 Å². The first kappa shape index (κ1) is 14.3. The minimum atomic E-state index is -2.43. The van der Waals surface area contributed by atoms with Crippen molar-refractivity contribution in [1.29, 1.82) is 0 Å². The van der Waals surface area contributed by atoms with Crippen molar-refractivity contribution in [2.75, 3.05) is 26.2 Å². The number of carbonyl (C=O) groups is 1. The molecular weight excluding hydrogens is 228 g/mol. The van der Waals surface area contributed by atoms with E-state index in [1.165, 1.54) is 4.90 Å². The predicted molar refractivity (Wildman–Crippen MR) is 61.9 cm³/mol. The van der Waals surface area contributed by atoms with Gasteiger partial charge in [-0.1, -0.05) is 12.8 Å². The Morgan fingerprint density at radius 3 is 2.59 bits per heavy atom. The maximum absolute atomic E-state index is 12.2. The van der Waals surface area contributed by atoms with E-state index in [-0.39, 0.29) is 25.0 Å². The fraction of sp³-hybridized carbons (Fsp3) is 0.909. The van der Waals surface area contributed by atoms with Crippen LogP contribution in [0.25, 0.3) is 0 Å². The number of rotatable bonds is 7. The van der Waals surface area contributed by atoms with Crippen LogP contribution in [0.15, 0.2) is 0 Å². The molecule has 0 spiro atoms. The summed E-state index contributed by atoms with van der Waals surface area (Å²) < 4.78 is 24.5. The number of carbonyl (C=O) groups excluding carboxylic acids is 1. The second-order valence-electron chi connectivity index (χ2n) is 4.46. The van der Waals surface area contributed by atoms with Gasteiger partial charge in [0, 0.05) is 19.1 Å². The highest BCUT2D eigenvalue weighted by atomic mass is 19.3. The first-order valence-electron chi connectivity index (χ1n) is 6.11. The monoisotopic (exact) mass is 249 g/mol. The average Bonchev–Trinajstić information content (AvgIpc) is 2.69. The maximum Gasteiger partial charge on any atom is 0.251 e. The number of halogens is 2. The highest BCUT2D eigenvalue weighted by Gasteiger charge is 2.19. The summed E-state index contributed by atoms with van der Waals surface area (Å²) in [5, 5.41) is 2.87. The predicted octanol–water partition coefficient (Wildman–Crippen LogP) is 0.571. The van der Waals surface area contributed by atoms with Crippen LogP contribution in [-0.2, 0) is 4.79 Å². The van der Waals surface area contributed by atoms with Crippen LogP contribution >= 0.6 is 0 Å². The molecule has 17 heavy (non-hydrogen) atoms. The van der Waals surface area contributed by atoms with Crippen LogP contribution < -0.4 is 11.1 Å². The molecular formula is C11H21F2N3O. The van der Waals surface area contributed by atoms with Gasteiger partial charge in [-0.3, -0.25) is 9.69 Å². The lowest BCUT2D eigenvalue weighted by Crippen LogP contribution is -2.44. The van der Waals surface area contributed by atoms with Gasteiger partial charge in [0.15, 0.2) is 0 Å². The molecule has 0 saturated heterocycles. The fourth-order valence-corrected chi connectivity index (χ4v) is 2.16. The zero-order valence-corrected chi connectivity index (χ0v) is 10.0. The van der Waals surface area contributed by atoms with E-state index in [1.54, 1.807) is 0 Å². The first-order chi connectivity index (χ1) is 8.11. The molecule has 1 fully saturated rings. The molecule has 0 aromatic rings. The number of amides is 1. The van der Waals surface area contributed by atoms with Gasteiger partial charge >= 0.3 is 0 Å². The van der Waals surface area contributed by atoms with E-state index in [0.717, 1.165) is 25.7 Å². The number of alkyl halides is 2. The molecule has 1 amide bonds. The van der Waals surface area contributed by atoms with Gasteiger partial charge in [-0.2, -0.15) is 0 Å². The molecule has 1 aliphatic carbocycles. The second-order valence-corrected chi connectivity index (χ2v) is 4.46. The Morgan fingerprint density at radius 1 is 1.41 bits per heavy atom. The molecule has 0 aliphatic heterocycles. The van der Waals surface area contributed by atoms with Gasteiger partial charge < -0.3 is 11.1 Å².